The van der Waals surface area contributed by atoms with Crippen LogP contribution in [0.3, 0.4) is 0 Å². The van der Waals surface area contributed by atoms with Gasteiger partial charge >= 0.3 is 5.97 Å². The van der Waals surface area contributed by atoms with E-state index in [-0.39, 0.29) is 17.2 Å². The summed E-state index contributed by atoms with van der Waals surface area (Å²) in [5, 5.41) is 15.7. The van der Waals surface area contributed by atoms with Crippen molar-refractivity contribution in [1.29, 1.82) is 0 Å². The molecule has 4 rings (SSSR count). The number of aryl methyl sites for hydroxylation is 1. The maximum atomic E-state index is 11.4. The molecule has 0 fully saturated rings. The van der Waals surface area contributed by atoms with Crippen molar-refractivity contribution in [2.24, 2.45) is 5.92 Å². The summed E-state index contributed by atoms with van der Waals surface area (Å²) < 4.78 is 6.35. The molecule has 0 saturated heterocycles. The molecule has 0 aliphatic heterocycles. The fraction of sp³-hybridized carbons (Fsp3) is 0.353. The van der Waals surface area contributed by atoms with Crippen LogP contribution >= 0.6 is 0 Å². The zero-order valence-corrected chi connectivity index (χ0v) is 23.7. The second kappa shape index (κ2) is 12.5. The van der Waals surface area contributed by atoms with Crippen molar-refractivity contribution in [3.05, 3.63) is 101 Å². The van der Waals surface area contributed by atoms with Gasteiger partial charge in [-0.05, 0) is 73.6 Å². The number of hydrogen-bond donors (Lipinski definition) is 2. The van der Waals surface area contributed by atoms with E-state index < -0.39 is 5.97 Å². The van der Waals surface area contributed by atoms with Gasteiger partial charge < -0.3 is 15.2 Å². The van der Waals surface area contributed by atoms with E-state index >= 15 is 0 Å². The summed E-state index contributed by atoms with van der Waals surface area (Å²) in [5.74, 6) is -0.632. The molecular weight excluding hydrogens is 484 g/mol. The zero-order valence-electron chi connectivity index (χ0n) is 23.7. The molecule has 0 spiro atoms. The van der Waals surface area contributed by atoms with Crippen molar-refractivity contribution >= 4 is 16.7 Å². The lowest BCUT2D eigenvalue weighted by Crippen LogP contribution is -2.46. The Morgan fingerprint density at radius 2 is 1.72 bits per heavy atom. The predicted molar refractivity (Wildman–Crippen MR) is 159 cm³/mol. The van der Waals surface area contributed by atoms with E-state index in [2.05, 4.69) is 86.5 Å². The lowest BCUT2D eigenvalue weighted by molar-refractivity contribution is 0.0417. The molecule has 5 heteroatoms. The average molecular weight is 525 g/mol. The number of nitrogens with one attached hydrogen (secondary N) is 1. The van der Waals surface area contributed by atoms with E-state index in [1.165, 1.54) is 16.3 Å². The van der Waals surface area contributed by atoms with Gasteiger partial charge in [0.05, 0.1) is 29.7 Å². The molecule has 204 valence electrons. The number of aromatic nitrogens is 1. The first kappa shape index (κ1) is 28.5. The Balaban J connectivity index is 1.36. The highest BCUT2D eigenvalue weighted by Gasteiger charge is 2.23. The van der Waals surface area contributed by atoms with Crippen molar-refractivity contribution in [2.75, 3.05) is 13.2 Å². The number of ether oxygens (including phenoxy) is 1. The molecule has 0 aliphatic rings. The fourth-order valence-electron chi connectivity index (χ4n) is 5.01. The van der Waals surface area contributed by atoms with Gasteiger partial charge in [-0.3, -0.25) is 4.98 Å². The first-order chi connectivity index (χ1) is 18.7. The number of rotatable bonds is 12. The Morgan fingerprint density at radius 3 is 2.44 bits per heavy atom. The minimum Gasteiger partial charge on any atom is -0.478 e. The van der Waals surface area contributed by atoms with E-state index in [0.29, 0.717) is 18.2 Å². The van der Waals surface area contributed by atoms with E-state index in [0.717, 1.165) is 36.2 Å². The summed E-state index contributed by atoms with van der Waals surface area (Å²) in [6.07, 6.45) is 1.88. The van der Waals surface area contributed by atoms with Crippen LogP contribution in [0.15, 0.2) is 78.9 Å². The van der Waals surface area contributed by atoms with Gasteiger partial charge in [-0.15, -0.1) is 0 Å². The minimum absolute atomic E-state index is 0.000572. The quantitative estimate of drug-likeness (QED) is 0.199. The number of carboxylic acid groups (broad SMARTS) is 1. The summed E-state index contributed by atoms with van der Waals surface area (Å²) in [6.45, 7) is 12.0. The molecule has 0 radical (unpaired) electrons. The van der Waals surface area contributed by atoms with Crippen LogP contribution < -0.4 is 5.32 Å². The van der Waals surface area contributed by atoms with Crippen LogP contribution in [0, 0.1) is 12.8 Å². The van der Waals surface area contributed by atoms with Crippen molar-refractivity contribution in [2.45, 2.75) is 59.1 Å². The van der Waals surface area contributed by atoms with E-state index in [1.807, 2.05) is 18.2 Å². The summed E-state index contributed by atoms with van der Waals surface area (Å²) >= 11 is 0. The number of benzene rings is 3. The molecule has 2 N–H and O–H groups in total. The first-order valence-electron chi connectivity index (χ1n) is 13.8. The largest absolute Gasteiger partial charge is 0.478 e. The molecule has 3 aromatic carbocycles. The molecule has 0 saturated carbocycles. The van der Waals surface area contributed by atoms with Crippen molar-refractivity contribution < 1.29 is 14.6 Å². The lowest BCUT2D eigenvalue weighted by atomic mass is 9.89. The first-order valence-corrected chi connectivity index (χ1v) is 13.8. The van der Waals surface area contributed by atoms with Gasteiger partial charge in [0.2, 0.25) is 0 Å². The Bertz CT molecular complexity index is 1430. The summed E-state index contributed by atoms with van der Waals surface area (Å²) in [4.78, 5) is 16.0. The van der Waals surface area contributed by atoms with Crippen LogP contribution in [0.25, 0.3) is 22.0 Å². The minimum atomic E-state index is -0.962. The SMILES string of the molecule is CCC(C)(Cc1ccc2ccccc2c1)NC[C@@H](C)CO[C@H](C)c1ccccc1-c1ccc(C(=O)O)c(C)n1. The van der Waals surface area contributed by atoms with E-state index in [9.17, 15) is 9.90 Å². The third-order valence-electron chi connectivity index (χ3n) is 7.69. The highest BCUT2D eigenvalue weighted by molar-refractivity contribution is 5.89. The van der Waals surface area contributed by atoms with E-state index in [4.69, 9.17) is 4.74 Å². The Labute approximate surface area is 232 Å². The van der Waals surface area contributed by atoms with Crippen molar-refractivity contribution in [3.8, 4) is 11.3 Å². The molecule has 0 bridgehead atoms. The molecule has 0 amide bonds. The number of hydrogen-bond acceptors (Lipinski definition) is 4. The van der Waals surface area contributed by atoms with Gasteiger partial charge in [0.25, 0.3) is 0 Å². The van der Waals surface area contributed by atoms with Gasteiger partial charge in [-0.25, -0.2) is 4.79 Å². The summed E-state index contributed by atoms with van der Waals surface area (Å²) in [7, 11) is 0. The van der Waals surface area contributed by atoms with Gasteiger partial charge in [-0.1, -0.05) is 80.6 Å². The van der Waals surface area contributed by atoms with Crippen molar-refractivity contribution in [3.63, 3.8) is 0 Å². The predicted octanol–water partition coefficient (Wildman–Crippen LogP) is 7.62. The number of carboxylic acids is 1. The standard InChI is InChI=1S/C34H40N2O3/c1-6-34(5,20-26-15-16-27-11-7-8-12-28(27)19-26)35-21-23(2)22-39-25(4)30-13-9-10-14-31(30)32-18-17-29(33(37)38)24(3)36-32/h7-19,23,25,35H,6,20-22H2,1-5H3,(H,37,38)/t23-,25-,34?/m1/s1. The smallest absolute Gasteiger partial charge is 0.337 e. The third-order valence-corrected chi connectivity index (χ3v) is 7.69. The Kier molecular flexibility index (Phi) is 9.16. The lowest BCUT2D eigenvalue weighted by Gasteiger charge is -2.32. The highest BCUT2D eigenvalue weighted by Crippen LogP contribution is 2.30. The van der Waals surface area contributed by atoms with Crippen molar-refractivity contribution in [1.82, 2.24) is 10.3 Å². The summed E-state index contributed by atoms with van der Waals surface area (Å²) in [5.41, 5.74) is 4.84. The van der Waals surface area contributed by atoms with Crippen LogP contribution in [0.4, 0.5) is 0 Å². The van der Waals surface area contributed by atoms with Crippen LogP contribution in [-0.2, 0) is 11.2 Å². The second-order valence-corrected chi connectivity index (χ2v) is 11.0. The number of pyridine rings is 1. The Hall–Kier alpha value is -3.54. The third kappa shape index (κ3) is 7.11. The average Bonchev–Trinajstić information content (AvgIpc) is 2.94. The van der Waals surface area contributed by atoms with Crippen LogP contribution in [-0.4, -0.2) is 34.8 Å². The number of nitrogens with zero attached hydrogens (tertiary/aromatic N) is 1. The number of fused-ring (bicyclic) bond motifs is 1. The van der Waals surface area contributed by atoms with Gasteiger partial charge in [-0.2, -0.15) is 0 Å². The maximum Gasteiger partial charge on any atom is 0.337 e. The molecule has 0 aliphatic carbocycles. The number of aromatic carboxylic acids is 1. The Morgan fingerprint density at radius 1 is 1.00 bits per heavy atom. The monoisotopic (exact) mass is 524 g/mol. The molecule has 3 atom stereocenters. The second-order valence-electron chi connectivity index (χ2n) is 11.0. The topological polar surface area (TPSA) is 71.5 Å². The summed E-state index contributed by atoms with van der Waals surface area (Å²) in [6, 6.07) is 26.7. The van der Waals surface area contributed by atoms with Crippen LogP contribution in [0.2, 0.25) is 0 Å². The molecule has 4 aromatic rings. The fourth-order valence-corrected chi connectivity index (χ4v) is 5.01. The molecule has 5 nitrogen and oxygen atoms in total. The van der Waals surface area contributed by atoms with E-state index in [1.54, 1.807) is 19.1 Å². The zero-order chi connectivity index (χ0) is 28.0. The molecule has 1 unspecified atom stereocenters. The normalized spacial score (nSPS) is 14.6. The van der Waals surface area contributed by atoms with Crippen LogP contribution in [0.1, 0.15) is 67.4 Å². The molecule has 1 heterocycles. The molecule has 39 heavy (non-hydrogen) atoms. The number of carbonyl (C=O) groups is 1. The maximum absolute atomic E-state index is 11.4. The highest BCUT2D eigenvalue weighted by atomic mass is 16.5. The van der Waals surface area contributed by atoms with Crippen LogP contribution in [0.5, 0.6) is 0 Å². The van der Waals surface area contributed by atoms with Gasteiger partial charge in [0.15, 0.2) is 0 Å². The molecular formula is C34H40N2O3. The molecule has 1 aromatic heterocycles. The van der Waals surface area contributed by atoms with Gasteiger partial charge in [0, 0.05) is 17.6 Å². The van der Waals surface area contributed by atoms with Gasteiger partial charge in [0.1, 0.15) is 0 Å².